The molecular weight excluding hydrogens is 253 g/mol. The predicted octanol–water partition coefficient (Wildman–Crippen LogP) is 3.30. The third-order valence-corrected chi connectivity index (χ3v) is 2.98. The van der Waals surface area contributed by atoms with Gasteiger partial charge in [-0.3, -0.25) is 4.18 Å². The van der Waals surface area contributed by atoms with E-state index in [0.717, 1.165) is 18.6 Å². The average Bonchev–Trinajstić information content (AvgIpc) is 2.26. The second kappa shape index (κ2) is 6.16. The Hall–Kier alpha value is -0.880. The van der Waals surface area contributed by atoms with E-state index in [4.69, 9.17) is 4.18 Å². The molecule has 1 rings (SSSR count). The van der Waals surface area contributed by atoms with E-state index < -0.39 is 22.8 Å². The fourth-order valence-electron chi connectivity index (χ4n) is 1.14. The number of rotatable bonds is 5. The van der Waals surface area contributed by atoms with Gasteiger partial charge in [0.1, 0.15) is 0 Å². The monoisotopic (exact) mass is 266 g/mol. The van der Waals surface area contributed by atoms with Crippen LogP contribution in [0, 0.1) is 0 Å². The second-order valence-corrected chi connectivity index (χ2v) is 4.60. The maximum Gasteiger partial charge on any atom is 0.416 e. The van der Waals surface area contributed by atoms with E-state index >= 15 is 0 Å². The van der Waals surface area contributed by atoms with E-state index in [1.807, 2.05) is 6.92 Å². The van der Waals surface area contributed by atoms with Gasteiger partial charge in [-0.25, -0.2) is 4.21 Å². The quantitative estimate of drug-likeness (QED) is 0.817. The lowest BCUT2D eigenvalue weighted by molar-refractivity contribution is -0.137. The second-order valence-electron chi connectivity index (χ2n) is 3.46. The summed E-state index contributed by atoms with van der Waals surface area (Å²) in [5.74, 6) is 0.109. The van der Waals surface area contributed by atoms with E-state index in [1.165, 1.54) is 12.1 Å². The first-order valence-electron chi connectivity index (χ1n) is 5.11. The zero-order valence-electron chi connectivity index (χ0n) is 9.29. The molecule has 0 heterocycles. The molecule has 1 unspecified atom stereocenters. The van der Waals surface area contributed by atoms with Gasteiger partial charge in [-0.1, -0.05) is 19.1 Å². The van der Waals surface area contributed by atoms with Crippen LogP contribution < -0.4 is 0 Å². The summed E-state index contributed by atoms with van der Waals surface area (Å²) in [5.41, 5.74) is -0.144. The fourth-order valence-corrected chi connectivity index (χ4v) is 2.04. The van der Waals surface area contributed by atoms with Gasteiger partial charge in [-0.15, -0.1) is 0 Å². The number of hydrogen-bond acceptors (Lipinski definition) is 2. The van der Waals surface area contributed by atoms with Crippen molar-refractivity contribution in [1.82, 2.24) is 0 Å². The molecule has 6 heteroatoms. The van der Waals surface area contributed by atoms with Crippen molar-refractivity contribution in [3.63, 3.8) is 0 Å². The molecule has 0 bridgehead atoms. The van der Waals surface area contributed by atoms with Gasteiger partial charge in [-0.2, -0.15) is 13.2 Å². The minimum atomic E-state index is -4.34. The highest BCUT2D eigenvalue weighted by atomic mass is 32.2. The van der Waals surface area contributed by atoms with Gasteiger partial charge < -0.3 is 0 Å². The lowest BCUT2D eigenvalue weighted by Crippen LogP contribution is -2.05. The van der Waals surface area contributed by atoms with Crippen LogP contribution in [0.3, 0.4) is 0 Å². The SMILES string of the molecule is CCCOS(=O)Cc1ccc(C(F)(F)F)cc1. The zero-order valence-corrected chi connectivity index (χ0v) is 10.1. The molecular formula is C11H13F3O2S. The molecule has 1 atom stereocenters. The molecule has 0 aliphatic heterocycles. The smallest absolute Gasteiger partial charge is 0.290 e. The van der Waals surface area contributed by atoms with E-state index in [0.29, 0.717) is 12.2 Å². The van der Waals surface area contributed by atoms with Crippen molar-refractivity contribution in [3.8, 4) is 0 Å². The molecule has 0 saturated heterocycles. The van der Waals surface area contributed by atoms with Crippen molar-refractivity contribution < 1.29 is 21.6 Å². The Morgan fingerprint density at radius 3 is 2.29 bits per heavy atom. The van der Waals surface area contributed by atoms with Crippen molar-refractivity contribution in [2.24, 2.45) is 0 Å². The summed E-state index contributed by atoms with van der Waals surface area (Å²) in [5, 5.41) is 0. The minimum absolute atomic E-state index is 0.109. The van der Waals surface area contributed by atoms with Crippen LogP contribution in [0.2, 0.25) is 0 Å². The van der Waals surface area contributed by atoms with Crippen LogP contribution in [0.15, 0.2) is 24.3 Å². The highest BCUT2D eigenvalue weighted by molar-refractivity contribution is 7.79. The van der Waals surface area contributed by atoms with Crippen molar-refractivity contribution in [2.45, 2.75) is 25.3 Å². The normalized spacial score (nSPS) is 13.6. The Balaban J connectivity index is 2.60. The van der Waals surface area contributed by atoms with E-state index in [1.54, 1.807) is 0 Å². The molecule has 0 radical (unpaired) electrons. The molecule has 0 fully saturated rings. The Morgan fingerprint density at radius 1 is 1.24 bits per heavy atom. The van der Waals surface area contributed by atoms with Crippen LogP contribution in [0.5, 0.6) is 0 Å². The summed E-state index contributed by atoms with van der Waals surface area (Å²) < 4.78 is 53.1. The first-order chi connectivity index (χ1) is 7.93. The largest absolute Gasteiger partial charge is 0.416 e. The number of benzene rings is 1. The molecule has 17 heavy (non-hydrogen) atoms. The van der Waals surface area contributed by atoms with Crippen molar-refractivity contribution in [1.29, 1.82) is 0 Å². The molecule has 0 N–H and O–H groups in total. The third-order valence-electron chi connectivity index (χ3n) is 1.98. The summed E-state index contributed by atoms with van der Waals surface area (Å²) in [6, 6.07) is 4.59. The van der Waals surface area contributed by atoms with Gasteiger partial charge in [-0.05, 0) is 24.1 Å². The van der Waals surface area contributed by atoms with Gasteiger partial charge in [0.2, 0.25) is 0 Å². The van der Waals surface area contributed by atoms with Gasteiger partial charge in [0, 0.05) is 0 Å². The fraction of sp³-hybridized carbons (Fsp3) is 0.455. The minimum Gasteiger partial charge on any atom is -0.290 e. The molecule has 0 aromatic heterocycles. The first-order valence-corrected chi connectivity index (χ1v) is 6.35. The Labute approximate surface area is 100 Å². The van der Waals surface area contributed by atoms with Crippen LogP contribution in [0.1, 0.15) is 24.5 Å². The van der Waals surface area contributed by atoms with Gasteiger partial charge in [0.05, 0.1) is 17.9 Å². The standard InChI is InChI=1S/C11H13F3O2S/c1-2-7-16-17(15)8-9-3-5-10(6-4-9)11(12,13)14/h3-6H,2,7-8H2,1H3. The van der Waals surface area contributed by atoms with Crippen LogP contribution in [0.4, 0.5) is 13.2 Å². The van der Waals surface area contributed by atoms with Crippen LogP contribution in [0.25, 0.3) is 0 Å². The van der Waals surface area contributed by atoms with Crippen LogP contribution >= 0.6 is 0 Å². The topological polar surface area (TPSA) is 26.3 Å². The average molecular weight is 266 g/mol. The van der Waals surface area contributed by atoms with Crippen molar-refractivity contribution in [3.05, 3.63) is 35.4 Å². The highest BCUT2D eigenvalue weighted by Gasteiger charge is 2.29. The number of hydrogen-bond donors (Lipinski definition) is 0. The lowest BCUT2D eigenvalue weighted by Gasteiger charge is -2.07. The molecule has 1 aromatic rings. The van der Waals surface area contributed by atoms with Gasteiger partial charge >= 0.3 is 6.18 Å². The molecule has 0 amide bonds. The summed E-state index contributed by atoms with van der Waals surface area (Å²) in [7, 11) is 0. The summed E-state index contributed by atoms with van der Waals surface area (Å²) >= 11 is -1.48. The summed E-state index contributed by atoms with van der Waals surface area (Å²) in [6.07, 6.45) is -3.59. The van der Waals surface area contributed by atoms with E-state index in [-0.39, 0.29) is 5.75 Å². The first kappa shape index (κ1) is 14.2. The maximum atomic E-state index is 12.3. The Morgan fingerprint density at radius 2 is 1.82 bits per heavy atom. The highest BCUT2D eigenvalue weighted by Crippen LogP contribution is 2.29. The van der Waals surface area contributed by atoms with E-state index in [9.17, 15) is 17.4 Å². The van der Waals surface area contributed by atoms with Crippen LogP contribution in [-0.2, 0) is 27.2 Å². The predicted molar refractivity (Wildman–Crippen MR) is 59.5 cm³/mol. The van der Waals surface area contributed by atoms with Crippen LogP contribution in [-0.4, -0.2) is 10.8 Å². The molecule has 0 aliphatic carbocycles. The maximum absolute atomic E-state index is 12.3. The third kappa shape index (κ3) is 4.87. The summed E-state index contributed by atoms with van der Waals surface area (Å²) in [6.45, 7) is 2.27. The lowest BCUT2D eigenvalue weighted by atomic mass is 10.1. The summed E-state index contributed by atoms with van der Waals surface area (Å²) in [4.78, 5) is 0. The number of halogens is 3. The van der Waals surface area contributed by atoms with Crippen molar-refractivity contribution in [2.75, 3.05) is 6.61 Å². The van der Waals surface area contributed by atoms with Crippen molar-refractivity contribution >= 4 is 11.1 Å². The number of alkyl halides is 3. The zero-order chi connectivity index (χ0) is 12.9. The molecule has 2 nitrogen and oxygen atoms in total. The molecule has 0 spiro atoms. The molecule has 1 aromatic carbocycles. The molecule has 96 valence electrons. The Bertz CT molecular complexity index is 373. The molecule has 0 aliphatic rings. The molecule has 0 saturated carbocycles. The Kier molecular flexibility index (Phi) is 5.14. The van der Waals surface area contributed by atoms with Gasteiger partial charge in [0.15, 0.2) is 11.1 Å². The van der Waals surface area contributed by atoms with Gasteiger partial charge in [0.25, 0.3) is 0 Å². The van der Waals surface area contributed by atoms with E-state index in [2.05, 4.69) is 0 Å².